The highest BCUT2D eigenvalue weighted by Gasteiger charge is 2.44. The van der Waals surface area contributed by atoms with Crippen molar-refractivity contribution in [1.29, 1.82) is 0 Å². The molecule has 1 heterocycles. The monoisotopic (exact) mass is 373 g/mol. The van der Waals surface area contributed by atoms with Crippen LogP contribution in [0.2, 0.25) is 0 Å². The number of anilines is 1. The van der Waals surface area contributed by atoms with Gasteiger partial charge < -0.3 is 0 Å². The first-order valence-corrected chi connectivity index (χ1v) is 9.98. The van der Waals surface area contributed by atoms with Crippen LogP contribution >= 0.6 is 0 Å². The van der Waals surface area contributed by atoms with Gasteiger partial charge in [0.05, 0.1) is 0 Å². The van der Waals surface area contributed by atoms with E-state index in [1.807, 2.05) is 38.1 Å². The standard InChI is InChI=1S/C25H27NO2/c1-16-5-9-18(10-6-16)20-13-23(28)26(19-11-7-17(2)8-12-19)21-14-25(3,4)15-22(27)24(20)21/h5-12,20H,13-15H2,1-4H3. The molecule has 1 aliphatic heterocycles. The molecule has 1 amide bonds. The first-order chi connectivity index (χ1) is 13.2. The van der Waals surface area contributed by atoms with Gasteiger partial charge in [0.1, 0.15) is 0 Å². The summed E-state index contributed by atoms with van der Waals surface area (Å²) in [5.74, 6) is 0.105. The van der Waals surface area contributed by atoms with Gasteiger partial charge in [0.2, 0.25) is 5.91 Å². The van der Waals surface area contributed by atoms with Gasteiger partial charge in [-0.2, -0.15) is 0 Å². The molecule has 4 rings (SSSR count). The van der Waals surface area contributed by atoms with E-state index in [4.69, 9.17) is 0 Å². The number of carbonyl (C=O) groups excluding carboxylic acids is 2. The third-order valence-corrected chi connectivity index (χ3v) is 5.91. The Bertz CT molecular complexity index is 965. The molecule has 0 spiro atoms. The van der Waals surface area contributed by atoms with E-state index in [1.165, 1.54) is 5.56 Å². The third kappa shape index (κ3) is 3.30. The molecule has 0 radical (unpaired) electrons. The maximum atomic E-state index is 13.3. The second-order valence-electron chi connectivity index (χ2n) is 9.03. The summed E-state index contributed by atoms with van der Waals surface area (Å²) in [6.45, 7) is 8.31. The lowest BCUT2D eigenvalue weighted by Gasteiger charge is -2.43. The van der Waals surface area contributed by atoms with E-state index in [-0.39, 0.29) is 23.0 Å². The summed E-state index contributed by atoms with van der Waals surface area (Å²) in [6.07, 6.45) is 1.60. The predicted molar refractivity (Wildman–Crippen MR) is 112 cm³/mol. The number of carbonyl (C=O) groups is 2. The van der Waals surface area contributed by atoms with Crippen molar-refractivity contribution in [3.8, 4) is 0 Å². The van der Waals surface area contributed by atoms with Gasteiger partial charge in [-0.05, 0) is 43.4 Å². The van der Waals surface area contributed by atoms with Crippen molar-refractivity contribution < 1.29 is 9.59 Å². The van der Waals surface area contributed by atoms with Gasteiger partial charge in [0.25, 0.3) is 0 Å². The third-order valence-electron chi connectivity index (χ3n) is 5.91. The fraction of sp³-hybridized carbons (Fsp3) is 0.360. The fourth-order valence-corrected chi connectivity index (χ4v) is 4.49. The molecule has 0 bridgehead atoms. The van der Waals surface area contributed by atoms with Crippen molar-refractivity contribution >= 4 is 17.4 Å². The van der Waals surface area contributed by atoms with Gasteiger partial charge in [-0.25, -0.2) is 0 Å². The van der Waals surface area contributed by atoms with Crippen LogP contribution in [0.5, 0.6) is 0 Å². The number of aryl methyl sites for hydroxylation is 2. The molecule has 28 heavy (non-hydrogen) atoms. The molecule has 1 aliphatic carbocycles. The average Bonchev–Trinajstić information content (AvgIpc) is 2.62. The van der Waals surface area contributed by atoms with Crippen molar-refractivity contribution in [2.75, 3.05) is 4.90 Å². The van der Waals surface area contributed by atoms with Crippen LogP contribution in [0.3, 0.4) is 0 Å². The second-order valence-corrected chi connectivity index (χ2v) is 9.03. The van der Waals surface area contributed by atoms with E-state index in [0.717, 1.165) is 34.5 Å². The summed E-state index contributed by atoms with van der Waals surface area (Å²) in [5.41, 5.74) is 5.83. The first kappa shape index (κ1) is 18.7. The topological polar surface area (TPSA) is 37.4 Å². The van der Waals surface area contributed by atoms with Gasteiger partial charge >= 0.3 is 0 Å². The molecular weight excluding hydrogens is 346 g/mol. The zero-order valence-corrected chi connectivity index (χ0v) is 17.1. The molecule has 1 atom stereocenters. The van der Waals surface area contributed by atoms with Crippen LogP contribution in [0.1, 0.15) is 55.7 Å². The Morgan fingerprint density at radius 2 is 1.43 bits per heavy atom. The van der Waals surface area contributed by atoms with Crippen LogP contribution in [-0.4, -0.2) is 11.7 Å². The van der Waals surface area contributed by atoms with Crippen molar-refractivity contribution in [1.82, 2.24) is 0 Å². The minimum Gasteiger partial charge on any atom is -0.294 e. The minimum atomic E-state index is -0.145. The van der Waals surface area contributed by atoms with E-state index >= 15 is 0 Å². The van der Waals surface area contributed by atoms with Crippen LogP contribution in [0.15, 0.2) is 59.8 Å². The van der Waals surface area contributed by atoms with Crippen LogP contribution in [-0.2, 0) is 9.59 Å². The van der Waals surface area contributed by atoms with Gasteiger partial charge in [-0.1, -0.05) is 61.4 Å². The Morgan fingerprint density at radius 3 is 2.04 bits per heavy atom. The van der Waals surface area contributed by atoms with E-state index in [9.17, 15) is 9.59 Å². The molecule has 0 saturated heterocycles. The van der Waals surface area contributed by atoms with E-state index in [2.05, 4.69) is 38.1 Å². The summed E-state index contributed by atoms with van der Waals surface area (Å²) in [4.78, 5) is 28.3. The molecule has 1 unspecified atom stereocenters. The second kappa shape index (κ2) is 6.73. The van der Waals surface area contributed by atoms with Gasteiger partial charge in [-0.15, -0.1) is 0 Å². The number of hydrogen-bond donors (Lipinski definition) is 0. The number of hydrogen-bond acceptors (Lipinski definition) is 2. The van der Waals surface area contributed by atoms with Crippen molar-refractivity contribution in [2.45, 2.75) is 52.9 Å². The Hall–Kier alpha value is -2.68. The van der Waals surface area contributed by atoms with Gasteiger partial charge in [0, 0.05) is 35.7 Å². The summed E-state index contributed by atoms with van der Waals surface area (Å²) in [6, 6.07) is 16.2. The molecular formula is C25H27NO2. The lowest BCUT2D eigenvalue weighted by Crippen LogP contribution is -2.43. The minimum absolute atomic E-state index is 0.0682. The normalized spacial score (nSPS) is 21.7. The summed E-state index contributed by atoms with van der Waals surface area (Å²) in [5, 5.41) is 0. The number of benzene rings is 2. The molecule has 144 valence electrons. The maximum Gasteiger partial charge on any atom is 0.232 e. The Labute approximate surface area is 167 Å². The van der Waals surface area contributed by atoms with Crippen molar-refractivity contribution in [2.24, 2.45) is 5.41 Å². The maximum absolute atomic E-state index is 13.3. The SMILES string of the molecule is Cc1ccc(C2CC(=O)N(c3ccc(C)cc3)C3=C2C(=O)CC(C)(C)C3)cc1. The van der Waals surface area contributed by atoms with E-state index in [1.54, 1.807) is 4.90 Å². The summed E-state index contributed by atoms with van der Waals surface area (Å²) in [7, 11) is 0. The largest absolute Gasteiger partial charge is 0.294 e. The number of rotatable bonds is 2. The molecule has 0 aromatic heterocycles. The molecule has 0 saturated carbocycles. The molecule has 0 N–H and O–H groups in total. The number of allylic oxidation sites excluding steroid dienone is 2. The van der Waals surface area contributed by atoms with Gasteiger partial charge in [0.15, 0.2) is 5.78 Å². The highest BCUT2D eigenvalue weighted by molar-refractivity contribution is 6.07. The average molecular weight is 373 g/mol. The zero-order valence-electron chi connectivity index (χ0n) is 17.1. The number of amides is 1. The predicted octanol–water partition coefficient (Wildman–Crippen LogP) is 5.47. The number of nitrogens with zero attached hydrogens (tertiary/aromatic N) is 1. The Morgan fingerprint density at radius 1 is 0.857 bits per heavy atom. The molecule has 3 heteroatoms. The summed E-state index contributed by atoms with van der Waals surface area (Å²) < 4.78 is 0. The molecule has 0 fully saturated rings. The fourth-order valence-electron chi connectivity index (χ4n) is 4.49. The highest BCUT2D eigenvalue weighted by Crippen LogP contribution is 2.48. The lowest BCUT2D eigenvalue weighted by atomic mass is 9.69. The Kier molecular flexibility index (Phi) is 4.49. The lowest BCUT2D eigenvalue weighted by molar-refractivity contribution is -0.121. The number of ketones is 1. The van der Waals surface area contributed by atoms with Gasteiger partial charge in [-0.3, -0.25) is 14.5 Å². The van der Waals surface area contributed by atoms with Crippen LogP contribution in [0.4, 0.5) is 5.69 Å². The smallest absolute Gasteiger partial charge is 0.232 e. The molecule has 2 aliphatic rings. The van der Waals surface area contributed by atoms with E-state index in [0.29, 0.717) is 12.8 Å². The van der Waals surface area contributed by atoms with Crippen LogP contribution < -0.4 is 4.90 Å². The zero-order chi connectivity index (χ0) is 20.1. The highest BCUT2D eigenvalue weighted by atomic mass is 16.2. The first-order valence-electron chi connectivity index (χ1n) is 9.98. The molecule has 2 aromatic rings. The van der Waals surface area contributed by atoms with Crippen LogP contribution in [0.25, 0.3) is 0 Å². The summed E-state index contributed by atoms with van der Waals surface area (Å²) >= 11 is 0. The molecule has 3 nitrogen and oxygen atoms in total. The quantitative estimate of drug-likeness (QED) is 0.700. The molecule has 2 aromatic carbocycles. The van der Waals surface area contributed by atoms with Crippen LogP contribution in [0, 0.1) is 19.3 Å². The van der Waals surface area contributed by atoms with Crippen molar-refractivity contribution in [3.63, 3.8) is 0 Å². The number of Topliss-reactive ketones (excluding diaryl/α,β-unsaturated/α-hetero) is 1. The van der Waals surface area contributed by atoms with Crippen molar-refractivity contribution in [3.05, 3.63) is 76.5 Å². The Balaban J connectivity index is 1.88. The van der Waals surface area contributed by atoms with E-state index < -0.39 is 0 Å².